The fraction of sp³-hybridized carbons (Fsp3) is 0.406. The molecular formula is C32H37ClN6O2. The second-order valence-corrected chi connectivity index (χ2v) is 11.6. The van der Waals surface area contributed by atoms with Crippen LogP contribution in [0, 0.1) is 0 Å². The highest BCUT2D eigenvalue weighted by Crippen LogP contribution is 2.33. The van der Waals surface area contributed by atoms with E-state index in [1.165, 1.54) is 6.42 Å². The van der Waals surface area contributed by atoms with E-state index < -0.39 is 0 Å². The molecule has 4 aromatic rings. The Morgan fingerprint density at radius 2 is 1.85 bits per heavy atom. The summed E-state index contributed by atoms with van der Waals surface area (Å²) in [5, 5.41) is 5.24. The number of piperidine rings is 1. The predicted octanol–water partition coefficient (Wildman–Crippen LogP) is 6.73. The molecule has 0 bridgehead atoms. The third-order valence-corrected chi connectivity index (χ3v) is 8.92. The number of carbonyl (C=O) groups excluding carboxylic acids is 1. The zero-order valence-corrected chi connectivity index (χ0v) is 24.2. The lowest BCUT2D eigenvalue weighted by Crippen LogP contribution is -2.50. The number of fused-ring (bicyclic) bond motifs is 1. The monoisotopic (exact) mass is 572 g/mol. The summed E-state index contributed by atoms with van der Waals surface area (Å²) in [4.78, 5) is 29.7. The number of aromatic amines is 1. The SMILES string of the molecule is CN(C1CCN(C(=O)OCc2ccccc2)CC1)[C@H]1CCC[C@@H](Nc2ncc(Cl)c(-c3c[nH]c4ccccc34)n2)C1. The van der Waals surface area contributed by atoms with E-state index in [0.717, 1.165) is 72.9 Å². The van der Waals surface area contributed by atoms with Crippen LogP contribution in [-0.2, 0) is 11.3 Å². The first-order valence-corrected chi connectivity index (χ1v) is 15.0. The van der Waals surface area contributed by atoms with Gasteiger partial charge < -0.3 is 24.8 Å². The average Bonchev–Trinajstić information content (AvgIpc) is 3.45. The van der Waals surface area contributed by atoms with Gasteiger partial charge in [0.2, 0.25) is 5.95 Å². The number of nitrogens with one attached hydrogen (secondary N) is 2. The molecule has 1 saturated heterocycles. The zero-order valence-electron chi connectivity index (χ0n) is 23.4. The molecule has 0 unspecified atom stereocenters. The molecule has 41 heavy (non-hydrogen) atoms. The zero-order chi connectivity index (χ0) is 28.2. The van der Waals surface area contributed by atoms with Gasteiger partial charge in [-0.05, 0) is 57.2 Å². The van der Waals surface area contributed by atoms with Crippen molar-refractivity contribution in [2.45, 2.75) is 63.3 Å². The molecule has 1 aliphatic heterocycles. The van der Waals surface area contributed by atoms with Gasteiger partial charge in [0.1, 0.15) is 6.61 Å². The number of benzene rings is 2. The number of anilines is 1. The molecule has 2 atom stereocenters. The van der Waals surface area contributed by atoms with E-state index >= 15 is 0 Å². The van der Waals surface area contributed by atoms with Crippen LogP contribution in [0.1, 0.15) is 44.1 Å². The third kappa shape index (κ3) is 6.34. The van der Waals surface area contributed by atoms with E-state index in [4.69, 9.17) is 21.3 Å². The van der Waals surface area contributed by atoms with Crippen LogP contribution in [0.25, 0.3) is 22.2 Å². The largest absolute Gasteiger partial charge is 0.445 e. The first kappa shape index (κ1) is 27.5. The van der Waals surface area contributed by atoms with Gasteiger partial charge in [0.15, 0.2) is 0 Å². The van der Waals surface area contributed by atoms with E-state index in [2.05, 4.69) is 33.3 Å². The molecule has 214 valence electrons. The standard InChI is InChI=1S/C32H37ClN6O2/c1-38(24-14-16-39(17-15-24)32(40)41-21-22-8-3-2-4-9-22)25-11-7-10-23(18-25)36-31-35-20-28(33)30(37-31)27-19-34-29-13-6-5-12-26(27)29/h2-6,8-9,12-13,19-20,23-25,34H,7,10-11,14-18,21H2,1H3,(H,35,36,37)/t23-,25+/m1/s1. The molecule has 2 aromatic carbocycles. The highest BCUT2D eigenvalue weighted by atomic mass is 35.5. The van der Waals surface area contributed by atoms with Crippen LogP contribution in [0.15, 0.2) is 67.0 Å². The van der Waals surface area contributed by atoms with Crippen molar-refractivity contribution in [3.05, 3.63) is 77.6 Å². The topological polar surface area (TPSA) is 86.4 Å². The molecule has 0 spiro atoms. The van der Waals surface area contributed by atoms with Gasteiger partial charge in [-0.25, -0.2) is 14.8 Å². The van der Waals surface area contributed by atoms with E-state index in [1.807, 2.05) is 59.6 Å². The van der Waals surface area contributed by atoms with Crippen LogP contribution in [0.2, 0.25) is 5.02 Å². The Hall–Kier alpha value is -3.62. The number of carbonyl (C=O) groups is 1. The molecular weight excluding hydrogens is 536 g/mol. The minimum atomic E-state index is -0.216. The van der Waals surface area contributed by atoms with Gasteiger partial charge in [-0.3, -0.25) is 0 Å². The number of likely N-dealkylation sites (tertiary alicyclic amines) is 1. The number of H-pyrrole nitrogens is 1. The van der Waals surface area contributed by atoms with Crippen molar-refractivity contribution in [1.29, 1.82) is 0 Å². The van der Waals surface area contributed by atoms with Crippen LogP contribution in [0.3, 0.4) is 0 Å². The summed E-state index contributed by atoms with van der Waals surface area (Å²) in [5.41, 5.74) is 3.78. The van der Waals surface area contributed by atoms with Crippen LogP contribution < -0.4 is 5.32 Å². The molecule has 2 fully saturated rings. The number of ether oxygens (including phenoxy) is 1. The minimum absolute atomic E-state index is 0.216. The van der Waals surface area contributed by atoms with Crippen molar-refractivity contribution < 1.29 is 9.53 Å². The van der Waals surface area contributed by atoms with Gasteiger partial charge in [-0.2, -0.15) is 0 Å². The number of hydrogen-bond donors (Lipinski definition) is 2. The lowest BCUT2D eigenvalue weighted by molar-refractivity contribution is 0.0568. The fourth-order valence-electron chi connectivity index (χ4n) is 6.31. The second-order valence-electron chi connectivity index (χ2n) is 11.2. The predicted molar refractivity (Wildman–Crippen MR) is 163 cm³/mol. The van der Waals surface area contributed by atoms with Crippen molar-refractivity contribution in [3.8, 4) is 11.3 Å². The third-order valence-electron chi connectivity index (χ3n) is 8.65. The molecule has 1 amide bonds. The summed E-state index contributed by atoms with van der Waals surface area (Å²) in [6.45, 7) is 1.77. The minimum Gasteiger partial charge on any atom is -0.445 e. The number of amides is 1. The van der Waals surface area contributed by atoms with Gasteiger partial charge in [0, 0.05) is 53.9 Å². The molecule has 1 saturated carbocycles. The molecule has 3 heterocycles. The van der Waals surface area contributed by atoms with Crippen LogP contribution in [-0.4, -0.2) is 69.1 Å². The van der Waals surface area contributed by atoms with Crippen molar-refractivity contribution in [2.24, 2.45) is 0 Å². The van der Waals surface area contributed by atoms with Gasteiger partial charge in [-0.1, -0.05) is 60.1 Å². The van der Waals surface area contributed by atoms with Crippen LogP contribution in [0.5, 0.6) is 0 Å². The normalized spacial score (nSPS) is 19.9. The molecule has 2 N–H and O–H groups in total. The molecule has 0 radical (unpaired) electrons. The quantitative estimate of drug-likeness (QED) is 0.255. The van der Waals surface area contributed by atoms with Crippen molar-refractivity contribution in [1.82, 2.24) is 24.8 Å². The summed E-state index contributed by atoms with van der Waals surface area (Å²) in [5.74, 6) is 0.616. The Kier molecular flexibility index (Phi) is 8.39. The summed E-state index contributed by atoms with van der Waals surface area (Å²) in [7, 11) is 2.25. The molecule has 9 heteroatoms. The number of hydrogen-bond acceptors (Lipinski definition) is 6. The number of nitrogens with zero attached hydrogens (tertiary/aromatic N) is 4. The van der Waals surface area contributed by atoms with Crippen LogP contribution >= 0.6 is 11.6 Å². The summed E-state index contributed by atoms with van der Waals surface area (Å²) in [6.07, 6.45) is 9.80. The summed E-state index contributed by atoms with van der Waals surface area (Å²) in [6, 6.07) is 19.2. The maximum Gasteiger partial charge on any atom is 0.410 e. The van der Waals surface area contributed by atoms with Gasteiger partial charge in [-0.15, -0.1) is 0 Å². The highest BCUT2D eigenvalue weighted by Gasteiger charge is 2.32. The lowest BCUT2D eigenvalue weighted by Gasteiger charge is -2.42. The van der Waals surface area contributed by atoms with E-state index in [9.17, 15) is 4.79 Å². The molecule has 6 rings (SSSR count). The number of halogens is 1. The van der Waals surface area contributed by atoms with Crippen molar-refractivity contribution in [3.63, 3.8) is 0 Å². The lowest BCUT2D eigenvalue weighted by atomic mass is 9.88. The molecule has 8 nitrogen and oxygen atoms in total. The Labute approximate surface area is 246 Å². The van der Waals surface area contributed by atoms with Crippen molar-refractivity contribution in [2.75, 3.05) is 25.5 Å². The summed E-state index contributed by atoms with van der Waals surface area (Å²) < 4.78 is 5.55. The van der Waals surface area contributed by atoms with Crippen LogP contribution in [0.4, 0.5) is 10.7 Å². The number of rotatable bonds is 7. The first-order valence-electron chi connectivity index (χ1n) is 14.6. The highest BCUT2D eigenvalue weighted by molar-refractivity contribution is 6.33. The van der Waals surface area contributed by atoms with Gasteiger partial charge in [0.05, 0.1) is 16.9 Å². The Morgan fingerprint density at radius 3 is 2.68 bits per heavy atom. The first-order chi connectivity index (χ1) is 20.0. The molecule has 1 aliphatic carbocycles. The Balaban J connectivity index is 1.03. The Bertz CT molecular complexity index is 1470. The van der Waals surface area contributed by atoms with E-state index in [-0.39, 0.29) is 6.09 Å². The maximum absolute atomic E-state index is 12.6. The second kappa shape index (κ2) is 12.5. The Morgan fingerprint density at radius 1 is 1.07 bits per heavy atom. The van der Waals surface area contributed by atoms with Crippen molar-refractivity contribution >= 4 is 34.5 Å². The average molecular weight is 573 g/mol. The fourth-order valence-corrected chi connectivity index (χ4v) is 6.50. The van der Waals surface area contributed by atoms with E-state index in [0.29, 0.717) is 35.7 Å². The summed E-state index contributed by atoms with van der Waals surface area (Å²) >= 11 is 6.55. The smallest absolute Gasteiger partial charge is 0.410 e. The number of para-hydroxylation sites is 1. The van der Waals surface area contributed by atoms with Gasteiger partial charge in [0.25, 0.3) is 0 Å². The number of aromatic nitrogens is 3. The molecule has 2 aromatic heterocycles. The molecule has 2 aliphatic rings. The maximum atomic E-state index is 12.6. The van der Waals surface area contributed by atoms with Gasteiger partial charge >= 0.3 is 6.09 Å². The van der Waals surface area contributed by atoms with E-state index in [1.54, 1.807) is 6.20 Å².